The SMILES string of the molecule is c1ccc2c(c1)sc1ccccc12.c1ccc2cc3cc4cc5ccccc5cc4cc3cc2c1. The van der Waals surface area contributed by atoms with Gasteiger partial charge in [-0.1, -0.05) is 84.9 Å². The topological polar surface area (TPSA) is 0 Å². The fourth-order valence-electron chi connectivity index (χ4n) is 5.06. The molecule has 0 radical (unpaired) electrons. The van der Waals surface area contributed by atoms with Crippen molar-refractivity contribution in [3.63, 3.8) is 0 Å². The number of rotatable bonds is 0. The van der Waals surface area contributed by atoms with Crippen LogP contribution in [0.5, 0.6) is 0 Å². The molecule has 0 spiro atoms. The molecule has 0 amide bonds. The molecule has 0 atom stereocenters. The zero-order valence-electron chi connectivity index (χ0n) is 19.1. The highest BCUT2D eigenvalue weighted by atomic mass is 32.1. The van der Waals surface area contributed by atoms with Crippen molar-refractivity contribution in [3.05, 3.63) is 133 Å². The Hall–Kier alpha value is -4.20. The third-order valence-electron chi connectivity index (χ3n) is 6.81. The van der Waals surface area contributed by atoms with Gasteiger partial charge in [0.25, 0.3) is 0 Å². The molecule has 1 heteroatoms. The minimum Gasteiger partial charge on any atom is -0.135 e. The molecule has 0 saturated heterocycles. The van der Waals surface area contributed by atoms with Gasteiger partial charge in [0.2, 0.25) is 0 Å². The van der Waals surface area contributed by atoms with E-state index in [2.05, 4.69) is 133 Å². The molecule has 0 nitrogen and oxygen atoms in total. The monoisotopic (exact) mass is 462 g/mol. The van der Waals surface area contributed by atoms with E-state index in [-0.39, 0.29) is 0 Å². The standard InChI is InChI=1S/C22H14.C12H8S/c1-2-6-16-10-20-14-22-12-18-8-4-3-7-17(18)11-21(22)13-19(20)9-15(16)5-1;1-3-7-11-9(5-1)10-6-2-4-8-12(10)13-11/h1-14H;1-8H. The Morgan fingerprint density at radius 1 is 0.286 bits per heavy atom. The van der Waals surface area contributed by atoms with E-state index in [9.17, 15) is 0 Å². The van der Waals surface area contributed by atoms with Crippen LogP contribution in [0.25, 0.3) is 63.3 Å². The summed E-state index contributed by atoms with van der Waals surface area (Å²) >= 11 is 1.86. The largest absolute Gasteiger partial charge is 0.135 e. The average Bonchev–Trinajstić information content (AvgIpc) is 3.29. The Labute approximate surface area is 207 Å². The summed E-state index contributed by atoms with van der Waals surface area (Å²) in [4.78, 5) is 0. The van der Waals surface area contributed by atoms with Crippen molar-refractivity contribution < 1.29 is 0 Å². The first-order valence-corrected chi connectivity index (χ1v) is 12.7. The number of fused-ring (bicyclic) bond motifs is 7. The van der Waals surface area contributed by atoms with Crippen LogP contribution >= 0.6 is 11.3 Å². The quantitative estimate of drug-likeness (QED) is 0.197. The van der Waals surface area contributed by atoms with Crippen molar-refractivity contribution in [2.45, 2.75) is 0 Å². The molecule has 0 bridgehead atoms. The number of benzene rings is 7. The van der Waals surface area contributed by atoms with Gasteiger partial charge in [-0.2, -0.15) is 0 Å². The van der Waals surface area contributed by atoms with Crippen molar-refractivity contribution >= 4 is 74.6 Å². The average molecular weight is 463 g/mol. The van der Waals surface area contributed by atoms with E-state index in [1.807, 2.05) is 11.3 Å². The highest BCUT2D eigenvalue weighted by Gasteiger charge is 2.03. The normalized spacial score (nSPS) is 11.4. The molecule has 7 aromatic carbocycles. The summed E-state index contributed by atoms with van der Waals surface area (Å²) in [5, 5.41) is 13.2. The van der Waals surface area contributed by atoms with Crippen LogP contribution in [0.1, 0.15) is 0 Å². The lowest BCUT2D eigenvalue weighted by molar-refractivity contribution is 1.78. The van der Waals surface area contributed by atoms with E-state index in [0.717, 1.165) is 0 Å². The Balaban J connectivity index is 0.000000137. The molecule has 1 heterocycles. The van der Waals surface area contributed by atoms with Crippen LogP contribution < -0.4 is 0 Å². The second-order valence-electron chi connectivity index (χ2n) is 9.04. The fourth-order valence-corrected chi connectivity index (χ4v) is 6.17. The van der Waals surface area contributed by atoms with Gasteiger partial charge in [0, 0.05) is 20.2 Å². The van der Waals surface area contributed by atoms with E-state index >= 15 is 0 Å². The molecule has 35 heavy (non-hydrogen) atoms. The first-order chi connectivity index (χ1) is 17.3. The van der Waals surface area contributed by atoms with Crippen LogP contribution in [0.2, 0.25) is 0 Å². The summed E-state index contributed by atoms with van der Waals surface area (Å²) in [7, 11) is 0. The van der Waals surface area contributed by atoms with E-state index in [4.69, 9.17) is 0 Å². The van der Waals surface area contributed by atoms with Crippen LogP contribution in [0, 0.1) is 0 Å². The lowest BCUT2D eigenvalue weighted by Gasteiger charge is -2.07. The third kappa shape index (κ3) is 3.62. The summed E-state index contributed by atoms with van der Waals surface area (Å²) < 4.78 is 2.76. The molecule has 8 aromatic rings. The maximum Gasteiger partial charge on any atom is 0.0355 e. The smallest absolute Gasteiger partial charge is 0.0355 e. The Morgan fingerprint density at radius 2 is 0.571 bits per heavy atom. The number of thiophene rings is 1. The molecule has 8 rings (SSSR count). The molecule has 0 unspecified atom stereocenters. The summed E-state index contributed by atoms with van der Waals surface area (Å²) in [5.74, 6) is 0. The van der Waals surface area contributed by atoms with Crippen molar-refractivity contribution in [2.24, 2.45) is 0 Å². The lowest BCUT2D eigenvalue weighted by atomic mass is 9.97. The van der Waals surface area contributed by atoms with Crippen molar-refractivity contribution in [1.82, 2.24) is 0 Å². The molecule has 0 aliphatic heterocycles. The van der Waals surface area contributed by atoms with Gasteiger partial charge in [0.1, 0.15) is 0 Å². The van der Waals surface area contributed by atoms with Gasteiger partial charge in [-0.15, -0.1) is 11.3 Å². The number of hydrogen-bond acceptors (Lipinski definition) is 1. The second-order valence-corrected chi connectivity index (χ2v) is 10.1. The summed E-state index contributed by atoms with van der Waals surface area (Å²) in [6.07, 6.45) is 0. The zero-order valence-corrected chi connectivity index (χ0v) is 19.9. The van der Waals surface area contributed by atoms with Crippen LogP contribution in [-0.4, -0.2) is 0 Å². The molecular formula is C34H22S. The summed E-state index contributed by atoms with van der Waals surface area (Å²) in [6.45, 7) is 0. The highest BCUT2D eigenvalue weighted by Crippen LogP contribution is 2.33. The van der Waals surface area contributed by atoms with Crippen LogP contribution in [-0.2, 0) is 0 Å². The van der Waals surface area contributed by atoms with Gasteiger partial charge >= 0.3 is 0 Å². The van der Waals surface area contributed by atoms with Gasteiger partial charge in [-0.25, -0.2) is 0 Å². The first kappa shape index (κ1) is 20.2. The van der Waals surface area contributed by atoms with Crippen LogP contribution in [0.4, 0.5) is 0 Å². The van der Waals surface area contributed by atoms with E-state index in [1.165, 1.54) is 63.3 Å². The zero-order chi connectivity index (χ0) is 23.2. The third-order valence-corrected chi connectivity index (χ3v) is 7.96. The molecule has 164 valence electrons. The Kier molecular flexibility index (Phi) is 4.75. The Bertz CT molecular complexity index is 1780. The minimum atomic E-state index is 1.30. The molecular weight excluding hydrogens is 440 g/mol. The predicted octanol–water partition coefficient (Wildman–Crippen LogP) is 10.4. The second kappa shape index (κ2) is 8.23. The van der Waals surface area contributed by atoms with Crippen molar-refractivity contribution in [1.29, 1.82) is 0 Å². The molecule has 0 aliphatic rings. The molecule has 0 aliphatic carbocycles. The maximum atomic E-state index is 2.31. The van der Waals surface area contributed by atoms with E-state index in [0.29, 0.717) is 0 Å². The van der Waals surface area contributed by atoms with Crippen molar-refractivity contribution in [3.8, 4) is 0 Å². The van der Waals surface area contributed by atoms with Crippen molar-refractivity contribution in [2.75, 3.05) is 0 Å². The number of hydrogen-bond donors (Lipinski definition) is 0. The van der Waals surface area contributed by atoms with Crippen LogP contribution in [0.3, 0.4) is 0 Å². The minimum absolute atomic E-state index is 1.30. The lowest BCUT2D eigenvalue weighted by Crippen LogP contribution is -1.80. The summed E-state index contributed by atoms with van der Waals surface area (Å²) in [6, 6.07) is 48.0. The predicted molar refractivity (Wildman–Crippen MR) is 156 cm³/mol. The molecule has 0 N–H and O–H groups in total. The molecule has 1 aromatic heterocycles. The van der Waals surface area contributed by atoms with Gasteiger partial charge in [-0.05, 0) is 91.6 Å². The molecule has 0 fully saturated rings. The van der Waals surface area contributed by atoms with E-state index in [1.54, 1.807) is 0 Å². The first-order valence-electron chi connectivity index (χ1n) is 11.9. The fraction of sp³-hybridized carbons (Fsp3) is 0. The Morgan fingerprint density at radius 3 is 0.943 bits per heavy atom. The van der Waals surface area contributed by atoms with E-state index < -0.39 is 0 Å². The summed E-state index contributed by atoms with van der Waals surface area (Å²) in [5.41, 5.74) is 0. The van der Waals surface area contributed by atoms with Gasteiger partial charge in [0.05, 0.1) is 0 Å². The van der Waals surface area contributed by atoms with Gasteiger partial charge in [0.15, 0.2) is 0 Å². The van der Waals surface area contributed by atoms with Crippen LogP contribution in [0.15, 0.2) is 133 Å². The van der Waals surface area contributed by atoms with Gasteiger partial charge in [-0.3, -0.25) is 0 Å². The van der Waals surface area contributed by atoms with Gasteiger partial charge < -0.3 is 0 Å². The highest BCUT2D eigenvalue weighted by molar-refractivity contribution is 7.25. The maximum absolute atomic E-state index is 2.31. The molecule has 0 saturated carbocycles.